The highest BCUT2D eigenvalue weighted by Crippen LogP contribution is 2.15. The summed E-state index contributed by atoms with van der Waals surface area (Å²) < 4.78 is 24.3. The van der Waals surface area contributed by atoms with Crippen molar-refractivity contribution in [3.8, 4) is 0 Å². The molecule has 0 aliphatic rings. The third-order valence-electron chi connectivity index (χ3n) is 1.40. The molecule has 0 fully saturated rings. The van der Waals surface area contributed by atoms with Crippen molar-refractivity contribution in [2.75, 3.05) is 18.5 Å². The molecule has 0 aliphatic carbocycles. The Bertz CT molecular complexity index is 303. The third-order valence-corrected chi connectivity index (χ3v) is 2.63. The minimum Gasteiger partial charge on any atom is -0.750 e. The van der Waals surface area contributed by atoms with Crippen LogP contribution in [-0.2, 0) is 15.5 Å². The van der Waals surface area contributed by atoms with E-state index in [0.717, 1.165) is 10.0 Å². The Morgan fingerprint density at radius 3 is 3.14 bits per heavy atom. The lowest BCUT2D eigenvalue weighted by Gasteiger charge is -2.05. The van der Waals surface area contributed by atoms with Crippen LogP contribution in [0.1, 0.15) is 11.3 Å². The predicted octanol–water partition coefficient (Wildman–Crippen LogP) is 1.06. The molecule has 1 N–H and O–H groups in total. The van der Waals surface area contributed by atoms with E-state index in [2.05, 4.69) is 14.5 Å². The second-order valence-corrected chi connectivity index (χ2v) is 4.46. The van der Waals surface area contributed by atoms with Gasteiger partial charge in [0, 0.05) is 17.6 Å². The number of nitrogens with one attached hydrogen (secondary N) is 1. The molecule has 0 spiro atoms. The molecule has 0 aliphatic heterocycles. The molecule has 0 saturated heterocycles. The zero-order valence-corrected chi connectivity index (χ0v) is 9.32. The number of hydrogen-bond donors (Lipinski definition) is 1. The average Bonchev–Trinajstić information content (AvgIpc) is 2.50. The summed E-state index contributed by atoms with van der Waals surface area (Å²) in [6.45, 7) is 2.84. The third kappa shape index (κ3) is 4.66. The monoisotopic (exact) mass is 235 g/mol. The van der Waals surface area contributed by atoms with Crippen molar-refractivity contribution in [3.05, 3.63) is 11.1 Å². The topological polar surface area (TPSA) is 74.3 Å². The highest BCUT2D eigenvalue weighted by Gasteiger charge is 1.96. The van der Waals surface area contributed by atoms with Gasteiger partial charge in [0.1, 0.15) is 0 Å². The van der Waals surface area contributed by atoms with Crippen LogP contribution in [0, 0.1) is 6.92 Å². The minimum absolute atomic E-state index is 0.202. The maximum atomic E-state index is 9.98. The molecule has 0 bridgehead atoms. The fourth-order valence-electron chi connectivity index (χ4n) is 0.831. The fraction of sp³-hybridized carbons (Fsp3) is 0.571. The van der Waals surface area contributed by atoms with Crippen LogP contribution in [0.2, 0.25) is 0 Å². The van der Waals surface area contributed by atoms with Gasteiger partial charge in [0.05, 0.1) is 18.0 Å². The second-order valence-electron chi connectivity index (χ2n) is 2.58. The molecule has 1 aromatic heterocycles. The molecule has 1 aromatic rings. The van der Waals surface area contributed by atoms with E-state index in [-0.39, 0.29) is 6.61 Å². The first-order valence-corrected chi connectivity index (χ1v) is 5.89. The van der Waals surface area contributed by atoms with Crippen molar-refractivity contribution < 1.29 is 12.9 Å². The Morgan fingerprint density at radius 1 is 1.79 bits per heavy atom. The van der Waals surface area contributed by atoms with E-state index in [1.807, 2.05) is 6.92 Å². The molecule has 5 nitrogen and oxygen atoms in total. The van der Waals surface area contributed by atoms with E-state index < -0.39 is 11.4 Å². The number of nitrogens with zero attached hydrogens (tertiary/aromatic N) is 1. The maximum Gasteiger partial charge on any atom is 0.182 e. The first kappa shape index (κ1) is 11.6. The number of thiazole rings is 1. The Balaban J connectivity index is 2.07. The highest BCUT2D eigenvalue weighted by molar-refractivity contribution is 7.74. The Hall–Kier alpha value is -0.500. The summed E-state index contributed by atoms with van der Waals surface area (Å²) in [5.74, 6) is 0. The molecule has 80 valence electrons. The van der Waals surface area contributed by atoms with Crippen molar-refractivity contribution >= 4 is 27.8 Å². The van der Waals surface area contributed by atoms with Gasteiger partial charge in [0.25, 0.3) is 0 Å². The van der Waals surface area contributed by atoms with E-state index in [4.69, 9.17) is 0 Å². The molecular weight excluding hydrogens is 224 g/mol. The lowest BCUT2D eigenvalue weighted by atomic mass is 10.5. The summed E-state index contributed by atoms with van der Waals surface area (Å²) >= 11 is -0.833. The van der Waals surface area contributed by atoms with Crippen LogP contribution in [0.4, 0.5) is 5.13 Å². The molecule has 1 heterocycles. The van der Waals surface area contributed by atoms with Crippen LogP contribution < -0.4 is 5.32 Å². The van der Waals surface area contributed by atoms with Gasteiger partial charge in [-0.15, -0.1) is 11.3 Å². The van der Waals surface area contributed by atoms with Crippen molar-refractivity contribution in [1.29, 1.82) is 0 Å². The predicted molar refractivity (Wildman–Crippen MR) is 54.8 cm³/mol. The zero-order valence-electron chi connectivity index (χ0n) is 7.69. The summed E-state index contributed by atoms with van der Waals surface area (Å²) in [4.78, 5) is 5.24. The molecule has 0 radical (unpaired) electrons. The summed E-state index contributed by atoms with van der Waals surface area (Å²) in [5, 5.41) is 3.92. The molecule has 1 rings (SSSR count). The summed E-state index contributed by atoms with van der Waals surface area (Å²) in [5.41, 5.74) is 0. The van der Waals surface area contributed by atoms with Gasteiger partial charge >= 0.3 is 0 Å². The van der Waals surface area contributed by atoms with E-state index in [1.54, 1.807) is 17.5 Å². The van der Waals surface area contributed by atoms with Gasteiger partial charge in [-0.05, 0) is 13.3 Å². The zero-order chi connectivity index (χ0) is 10.4. The van der Waals surface area contributed by atoms with Crippen molar-refractivity contribution in [3.63, 3.8) is 0 Å². The number of aromatic nitrogens is 1. The van der Waals surface area contributed by atoms with Crippen LogP contribution >= 0.6 is 11.3 Å². The summed E-state index contributed by atoms with van der Waals surface area (Å²) in [6, 6.07) is 0. The SMILES string of the molecule is Cc1cnc(NCCCOS(=O)[O-])s1. The van der Waals surface area contributed by atoms with E-state index in [0.29, 0.717) is 13.0 Å². The molecule has 0 aromatic carbocycles. The fourth-order valence-corrected chi connectivity index (χ4v) is 1.77. The van der Waals surface area contributed by atoms with Crippen molar-refractivity contribution in [1.82, 2.24) is 4.98 Å². The normalized spacial score (nSPS) is 12.7. The molecule has 0 saturated carbocycles. The van der Waals surface area contributed by atoms with Gasteiger partial charge in [-0.2, -0.15) is 0 Å². The second kappa shape index (κ2) is 6.07. The molecule has 1 atom stereocenters. The van der Waals surface area contributed by atoms with Crippen molar-refractivity contribution in [2.24, 2.45) is 0 Å². The Labute approximate surface area is 89.0 Å². The Morgan fingerprint density at radius 2 is 2.57 bits per heavy atom. The lowest BCUT2D eigenvalue weighted by Crippen LogP contribution is -2.06. The van der Waals surface area contributed by atoms with Crippen LogP contribution in [0.3, 0.4) is 0 Å². The van der Waals surface area contributed by atoms with Gasteiger partial charge in [-0.3, -0.25) is 0 Å². The van der Waals surface area contributed by atoms with Gasteiger partial charge < -0.3 is 14.1 Å². The average molecular weight is 235 g/mol. The van der Waals surface area contributed by atoms with E-state index >= 15 is 0 Å². The summed E-state index contributed by atoms with van der Waals surface area (Å²) in [7, 11) is 0. The van der Waals surface area contributed by atoms with Crippen molar-refractivity contribution in [2.45, 2.75) is 13.3 Å². The van der Waals surface area contributed by atoms with E-state index in [9.17, 15) is 8.76 Å². The minimum atomic E-state index is -2.40. The lowest BCUT2D eigenvalue weighted by molar-refractivity contribution is 0.299. The van der Waals surface area contributed by atoms with Gasteiger partial charge in [-0.25, -0.2) is 9.19 Å². The van der Waals surface area contributed by atoms with E-state index in [1.165, 1.54) is 0 Å². The van der Waals surface area contributed by atoms with Crippen LogP contribution in [0.5, 0.6) is 0 Å². The standard InChI is InChI=1S/C7H12N2O3S2/c1-6-5-9-7(13-6)8-3-2-4-12-14(10)11/h5H,2-4H2,1H3,(H,8,9)(H,10,11)/p-1. The largest absolute Gasteiger partial charge is 0.750 e. The van der Waals surface area contributed by atoms with Crippen LogP contribution in [-0.4, -0.2) is 26.9 Å². The first-order valence-electron chi connectivity index (χ1n) is 4.07. The highest BCUT2D eigenvalue weighted by atomic mass is 32.2. The van der Waals surface area contributed by atoms with Crippen LogP contribution in [0.15, 0.2) is 6.20 Å². The van der Waals surface area contributed by atoms with Gasteiger partial charge in [0.2, 0.25) is 0 Å². The molecular formula is C7H11N2O3S2-. The number of aryl methyl sites for hydroxylation is 1. The number of rotatable bonds is 6. The summed E-state index contributed by atoms with van der Waals surface area (Å²) in [6.07, 6.45) is 2.42. The molecule has 1 unspecified atom stereocenters. The van der Waals surface area contributed by atoms with Gasteiger partial charge in [-0.1, -0.05) is 0 Å². The number of hydrogen-bond acceptors (Lipinski definition) is 6. The quantitative estimate of drug-likeness (QED) is 0.589. The smallest absolute Gasteiger partial charge is 0.182 e. The molecule has 14 heavy (non-hydrogen) atoms. The first-order chi connectivity index (χ1) is 6.68. The Kier molecular flexibility index (Phi) is 5.02. The number of anilines is 1. The van der Waals surface area contributed by atoms with Crippen LogP contribution in [0.25, 0.3) is 0 Å². The van der Waals surface area contributed by atoms with Gasteiger partial charge in [0.15, 0.2) is 5.13 Å². The molecule has 7 heteroatoms. The maximum absolute atomic E-state index is 9.98. The molecule has 0 amide bonds.